The number of hydrogen-bond acceptors (Lipinski definition) is 4. The minimum atomic E-state index is -1.13. The highest BCUT2D eigenvalue weighted by molar-refractivity contribution is 6.30. The van der Waals surface area contributed by atoms with Crippen LogP contribution in [0.5, 0.6) is 5.75 Å². The van der Waals surface area contributed by atoms with Crippen molar-refractivity contribution in [1.82, 2.24) is 14.8 Å². The van der Waals surface area contributed by atoms with Gasteiger partial charge in [0.25, 0.3) is 11.8 Å². The van der Waals surface area contributed by atoms with Crippen LogP contribution in [0.25, 0.3) is 0 Å². The molecule has 1 aromatic carbocycles. The van der Waals surface area contributed by atoms with Crippen molar-refractivity contribution in [3.63, 3.8) is 0 Å². The van der Waals surface area contributed by atoms with E-state index < -0.39 is 69.3 Å². The Morgan fingerprint density at radius 2 is 2.00 bits per heavy atom. The van der Waals surface area contributed by atoms with Gasteiger partial charge in [-0.3, -0.25) is 14.4 Å². The lowest BCUT2D eigenvalue weighted by Crippen LogP contribution is -2.44. The minimum Gasteiger partial charge on any atom is -0.503 e. The molecule has 1 atom stereocenters. The normalized spacial score (nSPS) is 17.7. The Kier molecular flexibility index (Phi) is 5.26. The van der Waals surface area contributed by atoms with E-state index in [2.05, 4.69) is 5.32 Å². The zero-order valence-electron chi connectivity index (χ0n) is 15.8. The van der Waals surface area contributed by atoms with E-state index in [1.54, 1.807) is 0 Å². The fourth-order valence-corrected chi connectivity index (χ4v) is 3.83. The van der Waals surface area contributed by atoms with Crippen LogP contribution < -0.4 is 10.7 Å². The minimum absolute atomic E-state index is 0.0170. The largest absolute Gasteiger partial charge is 0.503 e. The smallest absolute Gasteiger partial charge is 0.274 e. The van der Waals surface area contributed by atoms with Crippen LogP contribution in [0.4, 0.5) is 13.2 Å². The lowest BCUT2D eigenvalue weighted by atomic mass is 10.1. The summed E-state index contributed by atoms with van der Waals surface area (Å²) in [6.45, 7) is -0.224. The first-order chi connectivity index (χ1) is 14.7. The van der Waals surface area contributed by atoms with E-state index in [1.165, 1.54) is 11.0 Å². The molecule has 2 N–H and O–H groups in total. The first kappa shape index (κ1) is 21.0. The average Bonchev–Trinajstić information content (AvgIpc) is 2.91. The maximum Gasteiger partial charge on any atom is 0.274 e. The fourth-order valence-electron chi connectivity index (χ4n) is 3.65. The third kappa shape index (κ3) is 3.46. The number of carbonyl (C=O) groups is 2. The van der Waals surface area contributed by atoms with E-state index in [1.807, 2.05) is 0 Å². The van der Waals surface area contributed by atoms with Crippen LogP contribution in [0, 0.1) is 11.6 Å². The molecular formula is C20H15ClF3N3O4. The zero-order valence-corrected chi connectivity index (χ0v) is 16.5. The number of carbonyl (C=O) groups excluding carboxylic acids is 2. The number of benzene rings is 1. The van der Waals surface area contributed by atoms with E-state index in [4.69, 9.17) is 11.6 Å². The second-order valence-corrected chi connectivity index (χ2v) is 7.52. The molecular weight excluding hydrogens is 439 g/mol. The molecule has 0 radical (unpaired) electrons. The van der Waals surface area contributed by atoms with Crippen molar-refractivity contribution in [1.29, 1.82) is 0 Å². The van der Waals surface area contributed by atoms with Gasteiger partial charge < -0.3 is 19.9 Å². The molecule has 3 heterocycles. The molecule has 1 aromatic heterocycles. The van der Waals surface area contributed by atoms with Gasteiger partial charge >= 0.3 is 0 Å². The number of aromatic hydroxyl groups is 1. The van der Waals surface area contributed by atoms with E-state index in [9.17, 15) is 32.7 Å². The molecule has 11 heteroatoms. The molecule has 7 nitrogen and oxygen atoms in total. The average molecular weight is 454 g/mol. The molecule has 31 heavy (non-hydrogen) atoms. The number of fused-ring (bicyclic) bond motifs is 4. The maximum absolute atomic E-state index is 14.5. The Morgan fingerprint density at radius 1 is 1.26 bits per heavy atom. The summed E-state index contributed by atoms with van der Waals surface area (Å²) >= 11 is 5.50. The summed E-state index contributed by atoms with van der Waals surface area (Å²) in [6, 6.07) is 1.000. The topological polar surface area (TPSA) is 91.6 Å². The SMILES string of the molecule is O=C(NCc1ccc(F)c(Cl)c1F)c1cn2c(c(O)c1=O)C(=O)N1CCC=C(F)C2C1. The Balaban J connectivity index is 1.70. The van der Waals surface area contributed by atoms with Gasteiger partial charge in [0.1, 0.15) is 34.1 Å². The number of rotatable bonds is 3. The summed E-state index contributed by atoms with van der Waals surface area (Å²) in [7, 11) is 0. The van der Waals surface area contributed by atoms with Gasteiger partial charge in [-0.2, -0.15) is 0 Å². The number of hydrogen-bond donors (Lipinski definition) is 2. The van der Waals surface area contributed by atoms with Gasteiger partial charge in [0.05, 0.1) is 0 Å². The second kappa shape index (κ2) is 7.77. The highest BCUT2D eigenvalue weighted by atomic mass is 35.5. The molecule has 0 fully saturated rings. The van der Waals surface area contributed by atoms with Crippen LogP contribution in [0.3, 0.4) is 0 Å². The molecule has 2 aliphatic heterocycles. The predicted molar refractivity (Wildman–Crippen MR) is 104 cm³/mol. The van der Waals surface area contributed by atoms with Crippen molar-refractivity contribution in [2.75, 3.05) is 13.1 Å². The number of nitrogens with zero attached hydrogens (tertiary/aromatic N) is 2. The van der Waals surface area contributed by atoms with Crippen molar-refractivity contribution in [3.05, 3.63) is 73.9 Å². The van der Waals surface area contributed by atoms with Crippen LogP contribution >= 0.6 is 11.6 Å². The fraction of sp³-hybridized carbons (Fsp3) is 0.250. The Morgan fingerprint density at radius 3 is 2.74 bits per heavy atom. The number of pyridine rings is 1. The Bertz CT molecular complexity index is 1210. The summed E-state index contributed by atoms with van der Waals surface area (Å²) < 4.78 is 42.9. The predicted octanol–water partition coefficient (Wildman–Crippen LogP) is 2.67. The lowest BCUT2D eigenvalue weighted by molar-refractivity contribution is 0.0677. The first-order valence-electron chi connectivity index (χ1n) is 9.24. The summed E-state index contributed by atoms with van der Waals surface area (Å²) in [4.78, 5) is 39.1. The standard InChI is InChI=1S/C20H15ClF3N3O4/c21-14-12(23)4-3-9(15(14)24)6-25-19(30)10-7-27-13-8-26(5-1-2-11(13)22)20(31)16(27)18(29)17(10)28/h2-4,7,13,29H,1,5-6,8H2,(H,25,30). The van der Waals surface area contributed by atoms with Gasteiger partial charge in [0.2, 0.25) is 5.43 Å². The molecule has 2 aromatic rings. The third-order valence-electron chi connectivity index (χ3n) is 5.29. The van der Waals surface area contributed by atoms with Crippen molar-refractivity contribution in [2.24, 2.45) is 0 Å². The Labute approximate surface area is 178 Å². The molecule has 2 aliphatic rings. The Hall–Kier alpha value is -3.27. The molecule has 0 saturated carbocycles. The molecule has 162 valence electrons. The maximum atomic E-state index is 14.5. The lowest BCUT2D eigenvalue weighted by Gasteiger charge is -2.34. The quantitative estimate of drug-likeness (QED) is 0.699. The molecule has 2 bridgehead atoms. The molecule has 4 rings (SSSR count). The van der Waals surface area contributed by atoms with Crippen LogP contribution in [0.15, 0.2) is 35.0 Å². The van der Waals surface area contributed by atoms with Gasteiger partial charge in [-0.1, -0.05) is 17.7 Å². The number of amides is 2. The van der Waals surface area contributed by atoms with Gasteiger partial charge in [-0.25, -0.2) is 13.2 Å². The summed E-state index contributed by atoms with van der Waals surface area (Å²) in [5.41, 5.74) is -2.22. The van der Waals surface area contributed by atoms with E-state index >= 15 is 0 Å². The highest BCUT2D eigenvalue weighted by Crippen LogP contribution is 2.33. The van der Waals surface area contributed by atoms with Crippen LogP contribution in [0.2, 0.25) is 5.02 Å². The van der Waals surface area contributed by atoms with Gasteiger partial charge in [0, 0.05) is 31.4 Å². The van der Waals surface area contributed by atoms with Crippen LogP contribution in [-0.2, 0) is 6.54 Å². The second-order valence-electron chi connectivity index (χ2n) is 7.14. The van der Waals surface area contributed by atoms with E-state index in [0.717, 1.165) is 22.9 Å². The number of aromatic nitrogens is 1. The molecule has 2 amide bonds. The van der Waals surface area contributed by atoms with Crippen molar-refractivity contribution >= 4 is 23.4 Å². The summed E-state index contributed by atoms with van der Waals surface area (Å²) in [6.07, 6.45) is 2.58. The molecule has 1 unspecified atom stereocenters. The van der Waals surface area contributed by atoms with E-state index in [0.29, 0.717) is 0 Å². The number of halogens is 4. The molecule has 0 saturated heterocycles. The van der Waals surface area contributed by atoms with Crippen molar-refractivity contribution in [2.45, 2.75) is 19.0 Å². The molecule has 0 spiro atoms. The molecule has 0 aliphatic carbocycles. The van der Waals surface area contributed by atoms with Gasteiger partial charge in [0.15, 0.2) is 11.4 Å². The number of nitrogens with one attached hydrogen (secondary N) is 1. The van der Waals surface area contributed by atoms with Crippen molar-refractivity contribution in [3.8, 4) is 5.75 Å². The third-order valence-corrected chi connectivity index (χ3v) is 5.63. The first-order valence-corrected chi connectivity index (χ1v) is 9.62. The monoisotopic (exact) mass is 453 g/mol. The zero-order chi connectivity index (χ0) is 22.4. The van der Waals surface area contributed by atoms with Crippen molar-refractivity contribution < 1.29 is 27.9 Å². The highest BCUT2D eigenvalue weighted by Gasteiger charge is 2.38. The summed E-state index contributed by atoms with van der Waals surface area (Å²) in [5.74, 6) is -5.22. The van der Waals surface area contributed by atoms with Gasteiger partial charge in [-0.15, -0.1) is 0 Å². The summed E-state index contributed by atoms with van der Waals surface area (Å²) in [5, 5.41) is 11.9. The van der Waals surface area contributed by atoms with Crippen LogP contribution in [-0.4, -0.2) is 39.5 Å². The van der Waals surface area contributed by atoms with Crippen LogP contribution in [0.1, 0.15) is 38.9 Å². The van der Waals surface area contributed by atoms with E-state index in [-0.39, 0.29) is 25.1 Å². The van der Waals surface area contributed by atoms with Gasteiger partial charge in [-0.05, 0) is 18.6 Å².